The lowest BCUT2D eigenvalue weighted by atomic mass is 10.2. The van der Waals surface area contributed by atoms with Crippen molar-refractivity contribution in [2.24, 2.45) is 4.99 Å². The van der Waals surface area contributed by atoms with Gasteiger partial charge in [0.25, 0.3) is 0 Å². The Labute approximate surface area is 77.8 Å². The summed E-state index contributed by atoms with van der Waals surface area (Å²) in [4.78, 5) is 3.74. The molecule has 0 saturated carbocycles. The van der Waals surface area contributed by atoms with E-state index < -0.39 is 0 Å². The third kappa shape index (κ3) is 3.93. The summed E-state index contributed by atoms with van der Waals surface area (Å²) in [5.41, 5.74) is 0. The molecule has 1 saturated heterocycles. The first-order valence-corrected chi connectivity index (χ1v) is 4.61. The molecular formula is C8H13NO2S. The van der Waals surface area contributed by atoms with Crippen molar-refractivity contribution in [3.05, 3.63) is 0 Å². The number of hydrogen-bond acceptors (Lipinski definition) is 4. The van der Waals surface area contributed by atoms with Gasteiger partial charge in [-0.2, -0.15) is 0 Å². The molecule has 0 amide bonds. The summed E-state index contributed by atoms with van der Waals surface area (Å²) in [6, 6.07) is 0. The van der Waals surface area contributed by atoms with Gasteiger partial charge in [-0.1, -0.05) is 0 Å². The van der Waals surface area contributed by atoms with Gasteiger partial charge in [0.15, 0.2) is 6.29 Å². The van der Waals surface area contributed by atoms with E-state index in [2.05, 4.69) is 22.4 Å². The molecule has 0 aromatic carbocycles. The first kappa shape index (κ1) is 9.81. The van der Waals surface area contributed by atoms with Gasteiger partial charge in [0.05, 0.1) is 18.3 Å². The largest absolute Gasteiger partial charge is 0.353 e. The second-order valence-electron chi connectivity index (χ2n) is 2.64. The van der Waals surface area contributed by atoms with Crippen molar-refractivity contribution in [2.75, 3.05) is 19.8 Å². The lowest BCUT2D eigenvalue weighted by molar-refractivity contribution is -0.160. The molecule has 0 bridgehead atoms. The van der Waals surface area contributed by atoms with Crippen LogP contribution in [-0.2, 0) is 9.47 Å². The summed E-state index contributed by atoms with van der Waals surface area (Å²) in [5.74, 6) is 0. The van der Waals surface area contributed by atoms with Gasteiger partial charge in [0.1, 0.15) is 0 Å². The van der Waals surface area contributed by atoms with Gasteiger partial charge < -0.3 is 9.47 Å². The molecule has 0 radical (unpaired) electrons. The number of isothiocyanates is 1. The van der Waals surface area contributed by atoms with E-state index in [-0.39, 0.29) is 6.29 Å². The first-order chi connectivity index (χ1) is 5.93. The molecular weight excluding hydrogens is 174 g/mol. The third-order valence-electron chi connectivity index (χ3n) is 1.71. The predicted octanol–water partition coefficient (Wildman–Crippen LogP) is 1.63. The normalized spacial score (nSPS) is 23.2. The van der Waals surface area contributed by atoms with Crippen LogP contribution in [0.2, 0.25) is 0 Å². The number of hydrogen-bond donors (Lipinski definition) is 0. The van der Waals surface area contributed by atoms with Crippen molar-refractivity contribution in [3.63, 3.8) is 0 Å². The number of aliphatic imine (C=N–C) groups is 1. The van der Waals surface area contributed by atoms with E-state index in [4.69, 9.17) is 9.47 Å². The highest BCUT2D eigenvalue weighted by atomic mass is 32.1. The molecule has 1 heterocycles. The fourth-order valence-corrected chi connectivity index (χ4v) is 1.21. The molecule has 3 nitrogen and oxygen atoms in total. The van der Waals surface area contributed by atoms with E-state index in [1.807, 2.05) is 0 Å². The number of rotatable bonds is 4. The Kier molecular flexibility index (Phi) is 5.11. The molecule has 1 unspecified atom stereocenters. The van der Waals surface area contributed by atoms with E-state index in [1.54, 1.807) is 0 Å². The average molecular weight is 187 g/mol. The predicted molar refractivity (Wildman–Crippen MR) is 49.4 cm³/mol. The lowest BCUT2D eigenvalue weighted by Crippen LogP contribution is -2.23. The second-order valence-corrected chi connectivity index (χ2v) is 2.82. The van der Waals surface area contributed by atoms with Crippen LogP contribution < -0.4 is 0 Å². The van der Waals surface area contributed by atoms with Crippen LogP contribution in [0.4, 0.5) is 0 Å². The fraction of sp³-hybridized carbons (Fsp3) is 0.875. The van der Waals surface area contributed by atoms with Crippen LogP contribution in [0.15, 0.2) is 4.99 Å². The van der Waals surface area contributed by atoms with Gasteiger partial charge >= 0.3 is 0 Å². The van der Waals surface area contributed by atoms with E-state index in [0.717, 1.165) is 19.4 Å². The number of thiocarbonyl (C=S) groups is 1. The minimum atomic E-state index is -0.0147. The Morgan fingerprint density at radius 1 is 1.58 bits per heavy atom. The molecule has 0 aliphatic carbocycles. The molecule has 1 atom stereocenters. The third-order valence-corrected chi connectivity index (χ3v) is 1.84. The zero-order valence-electron chi connectivity index (χ0n) is 6.99. The number of nitrogens with zero attached hydrogens (tertiary/aromatic N) is 1. The summed E-state index contributed by atoms with van der Waals surface area (Å²) in [5, 5.41) is 2.29. The molecule has 12 heavy (non-hydrogen) atoms. The molecule has 0 N–H and O–H groups in total. The second kappa shape index (κ2) is 6.26. The zero-order chi connectivity index (χ0) is 8.65. The zero-order valence-corrected chi connectivity index (χ0v) is 7.81. The highest BCUT2D eigenvalue weighted by Gasteiger charge is 2.12. The smallest absolute Gasteiger partial charge is 0.157 e. The maximum atomic E-state index is 5.38. The summed E-state index contributed by atoms with van der Waals surface area (Å²) in [6.07, 6.45) is 3.33. The maximum Gasteiger partial charge on any atom is 0.157 e. The van der Waals surface area contributed by atoms with Crippen LogP contribution in [0, 0.1) is 0 Å². The molecule has 0 aromatic rings. The van der Waals surface area contributed by atoms with E-state index in [1.165, 1.54) is 6.42 Å². The Bertz CT molecular complexity index is 162. The highest BCUT2D eigenvalue weighted by molar-refractivity contribution is 7.78. The average Bonchev–Trinajstić information content (AvgIpc) is 2.14. The van der Waals surface area contributed by atoms with Gasteiger partial charge in [0, 0.05) is 6.61 Å². The van der Waals surface area contributed by atoms with Crippen molar-refractivity contribution < 1.29 is 9.47 Å². The Morgan fingerprint density at radius 3 is 3.17 bits per heavy atom. The molecule has 1 fully saturated rings. The molecule has 1 rings (SSSR count). The molecule has 1 aliphatic rings. The maximum absolute atomic E-state index is 5.38. The Morgan fingerprint density at radius 2 is 2.50 bits per heavy atom. The molecule has 0 spiro atoms. The highest BCUT2D eigenvalue weighted by Crippen LogP contribution is 2.13. The van der Waals surface area contributed by atoms with Gasteiger partial charge in [-0.3, -0.25) is 0 Å². The van der Waals surface area contributed by atoms with Gasteiger partial charge in [-0.15, -0.1) is 0 Å². The Balaban J connectivity index is 2.01. The van der Waals surface area contributed by atoms with Crippen LogP contribution in [0.5, 0.6) is 0 Å². The van der Waals surface area contributed by atoms with Crippen LogP contribution in [0.1, 0.15) is 19.3 Å². The monoisotopic (exact) mass is 187 g/mol. The van der Waals surface area contributed by atoms with Crippen molar-refractivity contribution in [1.82, 2.24) is 0 Å². The fourth-order valence-electron chi connectivity index (χ4n) is 1.12. The SMILES string of the molecule is S=C=NCCOC1CCCCO1. The molecule has 68 valence electrons. The van der Waals surface area contributed by atoms with Crippen LogP contribution in [0.3, 0.4) is 0 Å². The topological polar surface area (TPSA) is 30.8 Å². The molecule has 4 heteroatoms. The summed E-state index contributed by atoms with van der Waals surface area (Å²) >= 11 is 4.42. The van der Waals surface area contributed by atoms with E-state index in [0.29, 0.717) is 13.2 Å². The van der Waals surface area contributed by atoms with Crippen molar-refractivity contribution in [3.8, 4) is 0 Å². The van der Waals surface area contributed by atoms with Crippen LogP contribution in [0.25, 0.3) is 0 Å². The minimum Gasteiger partial charge on any atom is -0.353 e. The van der Waals surface area contributed by atoms with Gasteiger partial charge in [0.2, 0.25) is 0 Å². The first-order valence-electron chi connectivity index (χ1n) is 4.20. The molecule has 1 aliphatic heterocycles. The van der Waals surface area contributed by atoms with Crippen molar-refractivity contribution in [1.29, 1.82) is 0 Å². The van der Waals surface area contributed by atoms with E-state index in [9.17, 15) is 0 Å². The van der Waals surface area contributed by atoms with Gasteiger partial charge in [-0.05, 0) is 31.5 Å². The molecule has 0 aromatic heterocycles. The van der Waals surface area contributed by atoms with Crippen LogP contribution >= 0.6 is 12.2 Å². The minimum absolute atomic E-state index is 0.0147. The van der Waals surface area contributed by atoms with Gasteiger partial charge in [-0.25, -0.2) is 4.99 Å². The van der Waals surface area contributed by atoms with Crippen LogP contribution in [-0.4, -0.2) is 31.2 Å². The standard InChI is InChI=1S/C8H13NO2S/c12-7-9-4-6-11-8-3-1-2-5-10-8/h8H,1-6H2. The van der Waals surface area contributed by atoms with E-state index >= 15 is 0 Å². The van der Waals surface area contributed by atoms with Crippen molar-refractivity contribution in [2.45, 2.75) is 25.6 Å². The summed E-state index contributed by atoms with van der Waals surface area (Å²) in [6.45, 7) is 1.98. The quantitative estimate of drug-likeness (QED) is 0.381. The Hall–Kier alpha value is -0.280. The number of ether oxygens (including phenoxy) is 2. The lowest BCUT2D eigenvalue weighted by Gasteiger charge is -2.22. The summed E-state index contributed by atoms with van der Waals surface area (Å²) < 4.78 is 10.7. The summed E-state index contributed by atoms with van der Waals surface area (Å²) in [7, 11) is 0. The van der Waals surface area contributed by atoms with Crippen molar-refractivity contribution >= 4 is 17.4 Å².